The normalized spacial score (nSPS) is 21.9. The first-order valence-electron chi connectivity index (χ1n) is 3.25. The van der Waals surface area contributed by atoms with Crippen molar-refractivity contribution >= 4 is 6.29 Å². The Hall–Kier alpha value is -0.490. The van der Waals surface area contributed by atoms with Crippen LogP contribution in [-0.2, 0) is 4.79 Å². The SMILES string of the molecule is CC(O)C(N)C(O)C(O)C=O. The lowest BCUT2D eigenvalue weighted by atomic mass is 10.0. The highest BCUT2D eigenvalue weighted by Gasteiger charge is 2.25. The van der Waals surface area contributed by atoms with Gasteiger partial charge in [-0.15, -0.1) is 0 Å². The Kier molecular flexibility index (Phi) is 4.20. The lowest BCUT2D eigenvalue weighted by Crippen LogP contribution is -2.49. The summed E-state index contributed by atoms with van der Waals surface area (Å²) >= 11 is 0. The zero-order valence-corrected chi connectivity index (χ0v) is 6.21. The molecule has 4 atom stereocenters. The van der Waals surface area contributed by atoms with Crippen molar-refractivity contribution in [2.24, 2.45) is 5.73 Å². The maximum atomic E-state index is 9.93. The molecule has 66 valence electrons. The molecule has 0 aromatic carbocycles. The molecule has 0 aliphatic rings. The topological polar surface area (TPSA) is 104 Å². The van der Waals surface area contributed by atoms with E-state index in [9.17, 15) is 4.79 Å². The van der Waals surface area contributed by atoms with Gasteiger partial charge in [0.1, 0.15) is 12.2 Å². The van der Waals surface area contributed by atoms with Gasteiger partial charge in [0.15, 0.2) is 6.29 Å². The van der Waals surface area contributed by atoms with Gasteiger partial charge in [-0.05, 0) is 6.92 Å². The average Bonchev–Trinajstić information content (AvgIpc) is 2.00. The summed E-state index contributed by atoms with van der Waals surface area (Å²) in [6, 6.07) is -1.00. The Morgan fingerprint density at radius 1 is 1.36 bits per heavy atom. The molecule has 0 fully saturated rings. The molecule has 0 saturated carbocycles. The Bertz CT molecular complexity index is 128. The monoisotopic (exact) mass is 163 g/mol. The molecule has 0 aromatic heterocycles. The van der Waals surface area contributed by atoms with Crippen LogP contribution in [0.3, 0.4) is 0 Å². The van der Waals surface area contributed by atoms with Crippen molar-refractivity contribution in [1.29, 1.82) is 0 Å². The van der Waals surface area contributed by atoms with Crippen LogP contribution in [-0.4, -0.2) is 46.0 Å². The Labute approximate surface area is 64.4 Å². The highest BCUT2D eigenvalue weighted by Crippen LogP contribution is 1.99. The number of carbonyl (C=O) groups excluding carboxylic acids is 1. The smallest absolute Gasteiger partial charge is 0.151 e. The molecule has 0 aliphatic heterocycles. The molecule has 4 unspecified atom stereocenters. The summed E-state index contributed by atoms with van der Waals surface area (Å²) in [5, 5.41) is 26.6. The molecule has 11 heavy (non-hydrogen) atoms. The van der Waals surface area contributed by atoms with Crippen molar-refractivity contribution in [3.8, 4) is 0 Å². The zero-order valence-electron chi connectivity index (χ0n) is 6.21. The maximum absolute atomic E-state index is 9.93. The largest absolute Gasteiger partial charge is 0.392 e. The van der Waals surface area contributed by atoms with E-state index in [2.05, 4.69) is 0 Å². The summed E-state index contributed by atoms with van der Waals surface area (Å²) in [7, 11) is 0. The zero-order chi connectivity index (χ0) is 9.02. The summed E-state index contributed by atoms with van der Waals surface area (Å²) in [6.07, 6.45) is -3.72. The van der Waals surface area contributed by atoms with E-state index in [-0.39, 0.29) is 6.29 Å². The fourth-order valence-corrected chi connectivity index (χ4v) is 0.594. The molecule has 5 N–H and O–H groups in total. The first-order valence-corrected chi connectivity index (χ1v) is 3.25. The maximum Gasteiger partial charge on any atom is 0.151 e. The second kappa shape index (κ2) is 4.40. The Morgan fingerprint density at radius 3 is 2.09 bits per heavy atom. The number of rotatable bonds is 4. The predicted molar refractivity (Wildman–Crippen MR) is 37.7 cm³/mol. The molecule has 0 aromatic rings. The summed E-state index contributed by atoms with van der Waals surface area (Å²) in [5.41, 5.74) is 5.22. The number of aliphatic hydroxyl groups is 3. The highest BCUT2D eigenvalue weighted by atomic mass is 16.3. The molecule has 5 heteroatoms. The van der Waals surface area contributed by atoms with Crippen LogP contribution < -0.4 is 5.73 Å². The molecule has 0 rings (SSSR count). The van der Waals surface area contributed by atoms with Crippen molar-refractivity contribution < 1.29 is 20.1 Å². The van der Waals surface area contributed by atoms with E-state index in [1.54, 1.807) is 0 Å². The van der Waals surface area contributed by atoms with Crippen LogP contribution in [0.4, 0.5) is 0 Å². The average molecular weight is 163 g/mol. The fraction of sp³-hybridized carbons (Fsp3) is 0.833. The third-order valence-electron chi connectivity index (χ3n) is 1.44. The number of aldehydes is 1. The molecular formula is C6H13NO4. The van der Waals surface area contributed by atoms with Gasteiger partial charge in [-0.3, -0.25) is 0 Å². The van der Waals surface area contributed by atoms with E-state index < -0.39 is 24.4 Å². The predicted octanol–water partition coefficient (Wildman–Crippen LogP) is -2.38. The minimum absolute atomic E-state index is 0.174. The molecule has 0 radical (unpaired) electrons. The van der Waals surface area contributed by atoms with Gasteiger partial charge < -0.3 is 25.8 Å². The minimum atomic E-state index is -1.53. The van der Waals surface area contributed by atoms with Gasteiger partial charge in [-0.2, -0.15) is 0 Å². The lowest BCUT2D eigenvalue weighted by molar-refractivity contribution is -0.122. The Morgan fingerprint density at radius 2 is 1.82 bits per heavy atom. The number of hydrogen-bond donors (Lipinski definition) is 4. The summed E-state index contributed by atoms with van der Waals surface area (Å²) in [6.45, 7) is 1.37. The van der Waals surface area contributed by atoms with Gasteiger partial charge in [-0.25, -0.2) is 0 Å². The van der Waals surface area contributed by atoms with Gasteiger partial charge in [0.2, 0.25) is 0 Å². The van der Waals surface area contributed by atoms with Crippen LogP contribution >= 0.6 is 0 Å². The van der Waals surface area contributed by atoms with Gasteiger partial charge in [-0.1, -0.05) is 0 Å². The second-order valence-corrected chi connectivity index (χ2v) is 2.44. The van der Waals surface area contributed by atoms with E-state index in [1.165, 1.54) is 6.92 Å². The van der Waals surface area contributed by atoms with Crippen LogP contribution in [0.25, 0.3) is 0 Å². The van der Waals surface area contributed by atoms with Crippen molar-refractivity contribution in [2.45, 2.75) is 31.3 Å². The lowest BCUT2D eigenvalue weighted by Gasteiger charge is -2.22. The van der Waals surface area contributed by atoms with Crippen molar-refractivity contribution in [3.63, 3.8) is 0 Å². The van der Waals surface area contributed by atoms with E-state index >= 15 is 0 Å². The second-order valence-electron chi connectivity index (χ2n) is 2.44. The van der Waals surface area contributed by atoms with Crippen LogP contribution in [0.2, 0.25) is 0 Å². The minimum Gasteiger partial charge on any atom is -0.392 e. The third kappa shape index (κ3) is 2.94. The van der Waals surface area contributed by atoms with E-state index in [0.717, 1.165) is 0 Å². The van der Waals surface area contributed by atoms with Gasteiger partial charge in [0.25, 0.3) is 0 Å². The first kappa shape index (κ1) is 10.5. The van der Waals surface area contributed by atoms with Gasteiger partial charge >= 0.3 is 0 Å². The Balaban J connectivity index is 4.00. The molecular weight excluding hydrogens is 150 g/mol. The van der Waals surface area contributed by atoms with Crippen molar-refractivity contribution in [2.75, 3.05) is 0 Å². The number of hydrogen-bond acceptors (Lipinski definition) is 5. The van der Waals surface area contributed by atoms with Crippen molar-refractivity contribution in [3.05, 3.63) is 0 Å². The summed E-state index contributed by atoms with van der Waals surface area (Å²) < 4.78 is 0. The van der Waals surface area contributed by atoms with Crippen LogP contribution in [0.1, 0.15) is 6.92 Å². The van der Waals surface area contributed by atoms with Crippen LogP contribution in [0, 0.1) is 0 Å². The van der Waals surface area contributed by atoms with Crippen molar-refractivity contribution in [1.82, 2.24) is 0 Å². The molecule has 0 aliphatic carbocycles. The van der Waals surface area contributed by atoms with E-state index in [4.69, 9.17) is 21.1 Å². The molecule has 0 heterocycles. The number of carbonyl (C=O) groups is 1. The van der Waals surface area contributed by atoms with E-state index in [0.29, 0.717) is 0 Å². The van der Waals surface area contributed by atoms with Crippen LogP contribution in [0.15, 0.2) is 0 Å². The van der Waals surface area contributed by atoms with Gasteiger partial charge in [0, 0.05) is 0 Å². The molecule has 0 spiro atoms. The number of aliphatic hydroxyl groups excluding tert-OH is 3. The first-order chi connectivity index (χ1) is 5.00. The molecule has 0 bridgehead atoms. The summed E-state index contributed by atoms with van der Waals surface area (Å²) in [5.74, 6) is 0. The summed E-state index contributed by atoms with van der Waals surface area (Å²) in [4.78, 5) is 9.93. The highest BCUT2D eigenvalue weighted by molar-refractivity contribution is 5.56. The van der Waals surface area contributed by atoms with Gasteiger partial charge in [0.05, 0.1) is 12.1 Å². The molecule has 5 nitrogen and oxygen atoms in total. The quantitative estimate of drug-likeness (QED) is 0.346. The standard InChI is InChI=1S/C6H13NO4/c1-3(9)5(7)6(11)4(10)2-8/h2-6,9-11H,7H2,1H3. The third-order valence-corrected chi connectivity index (χ3v) is 1.44. The van der Waals surface area contributed by atoms with Crippen LogP contribution in [0.5, 0.6) is 0 Å². The molecule has 0 saturated heterocycles. The fourth-order valence-electron chi connectivity index (χ4n) is 0.594. The molecule has 0 amide bonds. The van der Waals surface area contributed by atoms with E-state index in [1.807, 2.05) is 0 Å². The number of nitrogens with two attached hydrogens (primary N) is 1.